The molecule has 1 aliphatic heterocycles. The first-order chi connectivity index (χ1) is 9.75. The first-order valence-electron chi connectivity index (χ1n) is 7.68. The number of nitrogens with zero attached hydrogens (tertiary/aromatic N) is 1. The van der Waals surface area contributed by atoms with E-state index in [2.05, 4.69) is 36.1 Å². The van der Waals surface area contributed by atoms with E-state index in [-0.39, 0.29) is 5.92 Å². The number of carbonyl (C=O) groups excluding carboxylic acids is 1. The molecule has 1 aromatic carbocycles. The van der Waals surface area contributed by atoms with Crippen molar-refractivity contribution in [3.05, 3.63) is 35.9 Å². The average molecular weight is 273 g/mol. The second-order valence-electron chi connectivity index (χ2n) is 6.10. The molecular formula is C17H23NO2. The number of benzene rings is 1. The molecule has 3 heteroatoms. The Labute approximate surface area is 120 Å². The lowest BCUT2D eigenvalue weighted by atomic mass is 10.1. The van der Waals surface area contributed by atoms with Gasteiger partial charge in [-0.15, -0.1) is 0 Å². The lowest BCUT2D eigenvalue weighted by molar-refractivity contribution is -0.135. The highest BCUT2D eigenvalue weighted by Gasteiger charge is 2.43. The van der Waals surface area contributed by atoms with Gasteiger partial charge < -0.3 is 9.64 Å². The van der Waals surface area contributed by atoms with Crippen LogP contribution in [-0.2, 0) is 16.0 Å². The van der Waals surface area contributed by atoms with Crippen molar-refractivity contribution in [2.75, 3.05) is 19.8 Å². The summed E-state index contributed by atoms with van der Waals surface area (Å²) in [5, 5.41) is 0. The van der Waals surface area contributed by atoms with Crippen LogP contribution < -0.4 is 0 Å². The van der Waals surface area contributed by atoms with Gasteiger partial charge in [-0.1, -0.05) is 37.3 Å². The Bertz CT molecular complexity index is 453. The summed E-state index contributed by atoms with van der Waals surface area (Å²) in [6.07, 6.45) is 2.99. The Morgan fingerprint density at radius 2 is 2.10 bits per heavy atom. The standard InChI is InChI=1S/C17H23NO2/c1-13-11-16(13)17(19)18(15-8-10-20-12-15)9-7-14-5-3-2-4-6-14/h2-6,13,15-16H,7-12H2,1H3. The van der Waals surface area contributed by atoms with E-state index < -0.39 is 0 Å². The van der Waals surface area contributed by atoms with Crippen molar-refractivity contribution >= 4 is 5.91 Å². The fourth-order valence-electron chi connectivity index (χ4n) is 3.01. The molecule has 0 spiro atoms. The molecule has 1 saturated heterocycles. The summed E-state index contributed by atoms with van der Waals surface area (Å²) in [7, 11) is 0. The van der Waals surface area contributed by atoms with Gasteiger partial charge in [0.25, 0.3) is 0 Å². The van der Waals surface area contributed by atoms with Gasteiger partial charge in [0, 0.05) is 19.1 Å². The molecule has 0 N–H and O–H groups in total. The molecule has 2 fully saturated rings. The fraction of sp³-hybridized carbons (Fsp3) is 0.588. The molecule has 20 heavy (non-hydrogen) atoms. The van der Waals surface area contributed by atoms with E-state index in [4.69, 9.17) is 4.74 Å². The molecule has 2 aliphatic rings. The Balaban J connectivity index is 1.64. The zero-order valence-electron chi connectivity index (χ0n) is 12.1. The first-order valence-corrected chi connectivity index (χ1v) is 7.68. The summed E-state index contributed by atoms with van der Waals surface area (Å²) in [5.41, 5.74) is 1.30. The van der Waals surface area contributed by atoms with Crippen molar-refractivity contribution in [1.82, 2.24) is 4.90 Å². The molecule has 1 heterocycles. The van der Waals surface area contributed by atoms with Gasteiger partial charge in [-0.25, -0.2) is 0 Å². The summed E-state index contributed by atoms with van der Waals surface area (Å²) in [6.45, 7) is 4.49. The lowest BCUT2D eigenvalue weighted by Gasteiger charge is -2.28. The number of ether oxygens (including phenoxy) is 1. The highest BCUT2D eigenvalue weighted by atomic mass is 16.5. The molecule has 1 saturated carbocycles. The smallest absolute Gasteiger partial charge is 0.226 e. The Kier molecular flexibility index (Phi) is 4.06. The highest BCUT2D eigenvalue weighted by Crippen LogP contribution is 2.39. The number of hydrogen-bond acceptors (Lipinski definition) is 2. The summed E-state index contributed by atoms with van der Waals surface area (Å²) in [4.78, 5) is 14.7. The van der Waals surface area contributed by atoms with Gasteiger partial charge in [0.15, 0.2) is 0 Å². The molecule has 3 atom stereocenters. The van der Waals surface area contributed by atoms with Gasteiger partial charge in [-0.3, -0.25) is 4.79 Å². The van der Waals surface area contributed by atoms with Crippen LogP contribution in [0.1, 0.15) is 25.3 Å². The van der Waals surface area contributed by atoms with Crippen LogP contribution in [0.5, 0.6) is 0 Å². The second-order valence-corrected chi connectivity index (χ2v) is 6.10. The van der Waals surface area contributed by atoms with E-state index >= 15 is 0 Å². The molecule has 1 aliphatic carbocycles. The van der Waals surface area contributed by atoms with Crippen LogP contribution in [0.4, 0.5) is 0 Å². The van der Waals surface area contributed by atoms with Crippen molar-refractivity contribution in [3.63, 3.8) is 0 Å². The summed E-state index contributed by atoms with van der Waals surface area (Å²) in [5.74, 6) is 1.19. The first kappa shape index (κ1) is 13.6. The molecular weight excluding hydrogens is 250 g/mol. The van der Waals surface area contributed by atoms with Gasteiger partial charge in [0.1, 0.15) is 0 Å². The van der Waals surface area contributed by atoms with E-state index in [1.54, 1.807) is 0 Å². The molecule has 3 rings (SSSR count). The molecule has 3 unspecified atom stereocenters. The minimum atomic E-state index is 0.270. The van der Waals surface area contributed by atoms with Gasteiger partial charge in [0.05, 0.1) is 12.6 Å². The van der Waals surface area contributed by atoms with E-state index in [1.807, 2.05) is 6.07 Å². The van der Waals surface area contributed by atoms with E-state index in [1.165, 1.54) is 5.56 Å². The highest BCUT2D eigenvalue weighted by molar-refractivity contribution is 5.82. The maximum atomic E-state index is 12.6. The van der Waals surface area contributed by atoms with Crippen LogP contribution >= 0.6 is 0 Å². The molecule has 0 bridgehead atoms. The number of carbonyl (C=O) groups is 1. The topological polar surface area (TPSA) is 29.5 Å². The van der Waals surface area contributed by atoms with Crippen molar-refractivity contribution < 1.29 is 9.53 Å². The van der Waals surface area contributed by atoms with E-state index in [9.17, 15) is 4.79 Å². The van der Waals surface area contributed by atoms with E-state index in [0.29, 0.717) is 24.5 Å². The largest absolute Gasteiger partial charge is 0.379 e. The SMILES string of the molecule is CC1CC1C(=O)N(CCc1ccccc1)C1CCOC1. The Morgan fingerprint density at radius 3 is 2.70 bits per heavy atom. The minimum Gasteiger partial charge on any atom is -0.379 e. The molecule has 108 valence electrons. The molecule has 1 aromatic rings. The fourth-order valence-corrected chi connectivity index (χ4v) is 3.01. The third-order valence-corrected chi connectivity index (χ3v) is 4.54. The van der Waals surface area contributed by atoms with Crippen LogP contribution in [-0.4, -0.2) is 36.6 Å². The van der Waals surface area contributed by atoms with E-state index in [0.717, 1.165) is 32.4 Å². The minimum absolute atomic E-state index is 0.270. The van der Waals surface area contributed by atoms with Crippen LogP contribution in [0.25, 0.3) is 0 Å². The molecule has 0 aromatic heterocycles. The third kappa shape index (κ3) is 3.04. The summed E-state index contributed by atoms with van der Waals surface area (Å²) < 4.78 is 5.47. The molecule has 1 amide bonds. The molecule has 3 nitrogen and oxygen atoms in total. The zero-order chi connectivity index (χ0) is 13.9. The number of hydrogen-bond donors (Lipinski definition) is 0. The van der Waals surface area contributed by atoms with Crippen molar-refractivity contribution in [2.45, 2.75) is 32.2 Å². The normalized spacial score (nSPS) is 28.4. The number of rotatable bonds is 5. The van der Waals surface area contributed by atoms with Gasteiger partial charge in [0.2, 0.25) is 5.91 Å². The van der Waals surface area contributed by atoms with Crippen molar-refractivity contribution in [2.24, 2.45) is 11.8 Å². The predicted molar refractivity (Wildman–Crippen MR) is 78.4 cm³/mol. The third-order valence-electron chi connectivity index (χ3n) is 4.54. The average Bonchev–Trinajstić information content (AvgIpc) is 2.98. The lowest BCUT2D eigenvalue weighted by Crippen LogP contribution is -2.43. The van der Waals surface area contributed by atoms with Gasteiger partial charge >= 0.3 is 0 Å². The Morgan fingerprint density at radius 1 is 1.35 bits per heavy atom. The van der Waals surface area contributed by atoms with Crippen LogP contribution in [0.2, 0.25) is 0 Å². The second kappa shape index (κ2) is 5.96. The van der Waals surface area contributed by atoms with Gasteiger partial charge in [-0.05, 0) is 30.7 Å². The van der Waals surface area contributed by atoms with Gasteiger partial charge in [-0.2, -0.15) is 0 Å². The zero-order valence-corrected chi connectivity index (χ0v) is 12.1. The van der Waals surface area contributed by atoms with Crippen LogP contribution in [0.3, 0.4) is 0 Å². The Hall–Kier alpha value is -1.35. The monoisotopic (exact) mass is 273 g/mol. The number of amides is 1. The summed E-state index contributed by atoms with van der Waals surface area (Å²) in [6, 6.07) is 10.7. The van der Waals surface area contributed by atoms with Crippen molar-refractivity contribution in [1.29, 1.82) is 0 Å². The maximum absolute atomic E-state index is 12.6. The van der Waals surface area contributed by atoms with Crippen LogP contribution in [0.15, 0.2) is 30.3 Å². The summed E-state index contributed by atoms with van der Waals surface area (Å²) >= 11 is 0. The quantitative estimate of drug-likeness (QED) is 0.825. The maximum Gasteiger partial charge on any atom is 0.226 e. The van der Waals surface area contributed by atoms with Crippen molar-refractivity contribution in [3.8, 4) is 0 Å². The predicted octanol–water partition coefficient (Wildman–Crippen LogP) is 2.50. The molecule has 0 radical (unpaired) electrons. The van der Waals surface area contributed by atoms with Crippen LogP contribution in [0, 0.1) is 11.8 Å².